The molecular formula is C11H13FO3. The highest BCUT2D eigenvalue weighted by Crippen LogP contribution is 2.23. The molecule has 0 atom stereocenters. The van der Waals surface area contributed by atoms with Crippen LogP contribution in [-0.4, -0.2) is 17.7 Å². The van der Waals surface area contributed by atoms with Gasteiger partial charge in [0.1, 0.15) is 11.6 Å². The van der Waals surface area contributed by atoms with E-state index in [9.17, 15) is 9.18 Å². The lowest BCUT2D eigenvalue weighted by Crippen LogP contribution is -2.03. The summed E-state index contributed by atoms with van der Waals surface area (Å²) in [6.45, 7) is 3.93. The van der Waals surface area contributed by atoms with E-state index < -0.39 is 11.8 Å². The molecule has 15 heavy (non-hydrogen) atoms. The van der Waals surface area contributed by atoms with E-state index in [1.165, 1.54) is 6.07 Å². The van der Waals surface area contributed by atoms with E-state index >= 15 is 0 Å². The van der Waals surface area contributed by atoms with Crippen molar-refractivity contribution in [2.75, 3.05) is 6.61 Å². The van der Waals surface area contributed by atoms with Gasteiger partial charge in [-0.3, -0.25) is 0 Å². The number of ether oxygens (including phenoxy) is 1. The molecular weight excluding hydrogens is 199 g/mol. The largest absolute Gasteiger partial charge is 0.493 e. The molecule has 0 amide bonds. The molecule has 0 radical (unpaired) electrons. The molecule has 1 rings (SSSR count). The highest BCUT2D eigenvalue weighted by molar-refractivity contribution is 5.88. The van der Waals surface area contributed by atoms with Gasteiger partial charge in [-0.05, 0) is 25.5 Å². The fraction of sp³-hybridized carbons (Fsp3) is 0.364. The third-order valence-electron chi connectivity index (χ3n) is 2.01. The maximum atomic E-state index is 13.3. The number of halogens is 1. The Hall–Kier alpha value is -1.58. The zero-order chi connectivity index (χ0) is 11.4. The van der Waals surface area contributed by atoms with Gasteiger partial charge in [0.2, 0.25) is 0 Å². The van der Waals surface area contributed by atoms with Crippen molar-refractivity contribution in [1.29, 1.82) is 0 Å². The summed E-state index contributed by atoms with van der Waals surface area (Å²) in [5.74, 6) is -1.41. The molecule has 1 N–H and O–H groups in total. The third kappa shape index (κ3) is 2.68. The second kappa shape index (κ2) is 4.77. The number of aromatic carboxylic acids is 1. The molecule has 0 unspecified atom stereocenters. The topological polar surface area (TPSA) is 46.5 Å². The second-order valence-corrected chi connectivity index (χ2v) is 3.23. The lowest BCUT2D eigenvalue weighted by molar-refractivity contribution is 0.0695. The number of carboxylic acid groups (broad SMARTS) is 1. The van der Waals surface area contributed by atoms with Crippen LogP contribution in [0.15, 0.2) is 12.1 Å². The average Bonchev–Trinajstić information content (AvgIpc) is 2.19. The van der Waals surface area contributed by atoms with Gasteiger partial charge in [0.15, 0.2) is 0 Å². The number of rotatable bonds is 4. The van der Waals surface area contributed by atoms with E-state index in [-0.39, 0.29) is 5.56 Å². The van der Waals surface area contributed by atoms with Crippen LogP contribution < -0.4 is 4.74 Å². The van der Waals surface area contributed by atoms with Crippen molar-refractivity contribution in [3.63, 3.8) is 0 Å². The summed E-state index contributed by atoms with van der Waals surface area (Å²) in [6, 6.07) is 2.34. The molecule has 0 saturated heterocycles. The zero-order valence-corrected chi connectivity index (χ0v) is 8.71. The molecule has 4 heteroatoms. The Labute approximate surface area is 87.5 Å². The van der Waals surface area contributed by atoms with Crippen LogP contribution in [-0.2, 0) is 0 Å². The van der Waals surface area contributed by atoms with E-state index in [1.54, 1.807) is 6.92 Å². The van der Waals surface area contributed by atoms with Gasteiger partial charge in [-0.15, -0.1) is 0 Å². The summed E-state index contributed by atoms with van der Waals surface area (Å²) in [7, 11) is 0. The fourth-order valence-corrected chi connectivity index (χ4v) is 1.14. The van der Waals surface area contributed by atoms with Crippen molar-refractivity contribution in [3.8, 4) is 5.75 Å². The maximum absolute atomic E-state index is 13.3. The van der Waals surface area contributed by atoms with Crippen molar-refractivity contribution < 1.29 is 19.0 Å². The first kappa shape index (κ1) is 11.5. The van der Waals surface area contributed by atoms with Crippen molar-refractivity contribution >= 4 is 5.97 Å². The van der Waals surface area contributed by atoms with Gasteiger partial charge in [-0.2, -0.15) is 0 Å². The first-order valence-corrected chi connectivity index (χ1v) is 4.72. The standard InChI is InChI=1S/C11H13FO3/c1-3-4-15-10-6-8(11(13)14)5-9(12)7(10)2/h5-6H,3-4H2,1-2H3,(H,13,14). The predicted molar refractivity (Wildman–Crippen MR) is 53.9 cm³/mol. The number of carbonyl (C=O) groups is 1. The van der Waals surface area contributed by atoms with Crippen LogP contribution in [0, 0.1) is 12.7 Å². The molecule has 0 saturated carbocycles. The number of carboxylic acids is 1. The highest BCUT2D eigenvalue weighted by atomic mass is 19.1. The Morgan fingerprint density at radius 2 is 2.20 bits per heavy atom. The molecule has 82 valence electrons. The highest BCUT2D eigenvalue weighted by Gasteiger charge is 2.12. The van der Waals surface area contributed by atoms with Crippen LogP contribution in [0.25, 0.3) is 0 Å². The fourth-order valence-electron chi connectivity index (χ4n) is 1.14. The van der Waals surface area contributed by atoms with Crippen molar-refractivity contribution in [1.82, 2.24) is 0 Å². The quantitative estimate of drug-likeness (QED) is 0.834. The van der Waals surface area contributed by atoms with E-state index in [0.29, 0.717) is 17.9 Å². The molecule has 0 aliphatic carbocycles. The van der Waals surface area contributed by atoms with E-state index in [2.05, 4.69) is 0 Å². The lowest BCUT2D eigenvalue weighted by atomic mass is 10.1. The Balaban J connectivity index is 3.07. The van der Waals surface area contributed by atoms with Gasteiger partial charge in [-0.25, -0.2) is 9.18 Å². The van der Waals surface area contributed by atoms with Crippen molar-refractivity contribution in [2.24, 2.45) is 0 Å². The van der Waals surface area contributed by atoms with Gasteiger partial charge in [0, 0.05) is 5.56 Å². The minimum atomic E-state index is -1.16. The van der Waals surface area contributed by atoms with Crippen molar-refractivity contribution in [3.05, 3.63) is 29.1 Å². The van der Waals surface area contributed by atoms with Crippen LogP contribution in [0.4, 0.5) is 4.39 Å². The minimum absolute atomic E-state index is 0.0933. The predicted octanol–water partition coefficient (Wildman–Crippen LogP) is 2.62. The maximum Gasteiger partial charge on any atom is 0.335 e. The summed E-state index contributed by atoms with van der Waals surface area (Å²) in [5.41, 5.74) is 0.248. The van der Waals surface area contributed by atoms with Gasteiger partial charge in [0.05, 0.1) is 12.2 Å². The van der Waals surface area contributed by atoms with Crippen molar-refractivity contribution in [2.45, 2.75) is 20.3 Å². The Morgan fingerprint density at radius 1 is 1.53 bits per heavy atom. The summed E-state index contributed by atoms with van der Waals surface area (Å²) < 4.78 is 18.5. The monoisotopic (exact) mass is 212 g/mol. The number of benzene rings is 1. The van der Waals surface area contributed by atoms with Crippen LogP contribution in [0.1, 0.15) is 29.3 Å². The lowest BCUT2D eigenvalue weighted by Gasteiger charge is -2.09. The molecule has 0 heterocycles. The summed E-state index contributed by atoms with van der Waals surface area (Å²) in [6.07, 6.45) is 0.790. The molecule has 0 spiro atoms. The van der Waals surface area contributed by atoms with Crippen LogP contribution >= 0.6 is 0 Å². The molecule has 0 aliphatic rings. The molecule has 0 bridgehead atoms. The average molecular weight is 212 g/mol. The Bertz CT molecular complexity index is 374. The van der Waals surface area contributed by atoms with Crippen LogP contribution in [0.2, 0.25) is 0 Å². The Kier molecular flexibility index (Phi) is 3.66. The van der Waals surface area contributed by atoms with E-state index in [4.69, 9.17) is 9.84 Å². The van der Waals surface area contributed by atoms with E-state index in [0.717, 1.165) is 12.5 Å². The molecule has 1 aromatic carbocycles. The summed E-state index contributed by atoms with van der Waals surface area (Å²) in [4.78, 5) is 10.7. The third-order valence-corrected chi connectivity index (χ3v) is 2.01. The second-order valence-electron chi connectivity index (χ2n) is 3.23. The smallest absolute Gasteiger partial charge is 0.335 e. The molecule has 1 aromatic rings. The summed E-state index contributed by atoms with van der Waals surface area (Å²) >= 11 is 0. The SMILES string of the molecule is CCCOc1cc(C(=O)O)cc(F)c1C. The van der Waals surface area contributed by atoms with Gasteiger partial charge < -0.3 is 9.84 Å². The Morgan fingerprint density at radius 3 is 2.73 bits per heavy atom. The normalized spacial score (nSPS) is 10.1. The van der Waals surface area contributed by atoms with E-state index in [1.807, 2.05) is 6.92 Å². The first-order chi connectivity index (χ1) is 7.06. The van der Waals surface area contributed by atoms with Crippen LogP contribution in [0.5, 0.6) is 5.75 Å². The molecule has 0 aromatic heterocycles. The molecule has 0 aliphatic heterocycles. The first-order valence-electron chi connectivity index (χ1n) is 4.72. The summed E-state index contributed by atoms with van der Waals surface area (Å²) in [5, 5.41) is 8.73. The number of hydrogen-bond donors (Lipinski definition) is 1. The van der Waals surface area contributed by atoms with Gasteiger partial charge in [0.25, 0.3) is 0 Å². The van der Waals surface area contributed by atoms with Crippen LogP contribution in [0.3, 0.4) is 0 Å². The zero-order valence-electron chi connectivity index (χ0n) is 8.71. The van der Waals surface area contributed by atoms with Gasteiger partial charge >= 0.3 is 5.97 Å². The molecule has 3 nitrogen and oxygen atoms in total. The molecule has 0 fully saturated rings. The minimum Gasteiger partial charge on any atom is -0.493 e. The number of hydrogen-bond acceptors (Lipinski definition) is 2. The van der Waals surface area contributed by atoms with Gasteiger partial charge in [-0.1, -0.05) is 6.92 Å².